The van der Waals surface area contributed by atoms with Gasteiger partial charge < -0.3 is 4.42 Å². The van der Waals surface area contributed by atoms with E-state index < -0.39 is 0 Å². The molecule has 0 radical (unpaired) electrons. The number of hydrogen-bond acceptors (Lipinski definition) is 4. The monoisotopic (exact) mass is 371 g/mol. The number of para-hydroxylation sites is 1. The highest BCUT2D eigenvalue weighted by atomic mass is 32.1. The van der Waals surface area contributed by atoms with Gasteiger partial charge in [0.05, 0.1) is 12.6 Å². The fraction of sp³-hybridized carbons (Fsp3) is 0.0952. The van der Waals surface area contributed by atoms with Crippen molar-refractivity contribution in [2.45, 2.75) is 6.92 Å². The van der Waals surface area contributed by atoms with Crippen LogP contribution < -0.4 is 4.57 Å². The zero-order valence-corrected chi connectivity index (χ0v) is 15.6. The van der Waals surface area contributed by atoms with E-state index >= 15 is 0 Å². The molecule has 0 N–H and O–H groups in total. The number of nitrogens with zero attached hydrogens (tertiary/aromatic N) is 4. The molecular weight excluding hydrogens is 356 g/mol. The van der Waals surface area contributed by atoms with E-state index in [0.29, 0.717) is 0 Å². The quantitative estimate of drug-likeness (QED) is 0.396. The summed E-state index contributed by atoms with van der Waals surface area (Å²) in [6.07, 6.45) is 1.85. The Hall–Kier alpha value is -3.25. The molecule has 0 fully saturated rings. The molecule has 0 atom stereocenters. The van der Waals surface area contributed by atoms with Gasteiger partial charge in [-0.25, -0.2) is 13.3 Å². The van der Waals surface area contributed by atoms with Gasteiger partial charge in [-0.15, -0.1) is 0 Å². The summed E-state index contributed by atoms with van der Waals surface area (Å²) in [5.74, 6) is 0. The Morgan fingerprint density at radius 3 is 2.89 bits per heavy atom. The second-order valence-electron chi connectivity index (χ2n) is 6.78. The van der Waals surface area contributed by atoms with Gasteiger partial charge in [-0.1, -0.05) is 41.9 Å². The van der Waals surface area contributed by atoms with Gasteiger partial charge in [0, 0.05) is 16.2 Å². The Kier molecular flexibility index (Phi) is 2.83. The minimum Gasteiger partial charge on any atom is -0.455 e. The predicted molar refractivity (Wildman–Crippen MR) is 107 cm³/mol. The first kappa shape index (κ1) is 14.9. The second-order valence-corrected chi connectivity index (χ2v) is 7.63. The normalized spacial score (nSPS) is 12.1. The van der Waals surface area contributed by atoms with Gasteiger partial charge in [0.25, 0.3) is 12.0 Å². The summed E-state index contributed by atoms with van der Waals surface area (Å²) < 4.78 is 10.4. The molecule has 0 aliphatic heterocycles. The van der Waals surface area contributed by atoms with Crippen molar-refractivity contribution in [2.75, 3.05) is 0 Å². The lowest BCUT2D eigenvalue weighted by Crippen LogP contribution is -2.32. The van der Waals surface area contributed by atoms with Gasteiger partial charge in [0.2, 0.25) is 0 Å². The summed E-state index contributed by atoms with van der Waals surface area (Å²) in [5.41, 5.74) is 7.74. The number of aromatic nitrogens is 4. The van der Waals surface area contributed by atoms with E-state index in [1.165, 1.54) is 0 Å². The van der Waals surface area contributed by atoms with E-state index in [1.807, 2.05) is 47.6 Å². The molecule has 0 aliphatic carbocycles. The highest BCUT2D eigenvalue weighted by Gasteiger charge is 2.25. The number of benzene rings is 2. The lowest BCUT2D eigenvalue weighted by molar-refractivity contribution is -0.662. The molecule has 0 saturated carbocycles. The number of hydrogen-bond donors (Lipinski definition) is 0. The van der Waals surface area contributed by atoms with Gasteiger partial charge in [-0.2, -0.15) is 0 Å². The van der Waals surface area contributed by atoms with Crippen LogP contribution in [0.5, 0.6) is 0 Å². The summed E-state index contributed by atoms with van der Waals surface area (Å²) in [6, 6.07) is 14.5. The van der Waals surface area contributed by atoms with Crippen molar-refractivity contribution in [1.29, 1.82) is 0 Å². The fourth-order valence-corrected chi connectivity index (χ4v) is 4.64. The smallest absolute Gasteiger partial charge is 0.292 e. The highest BCUT2D eigenvalue weighted by molar-refractivity contribution is 7.04. The van der Waals surface area contributed by atoms with Crippen LogP contribution >= 0.6 is 11.5 Å². The number of aryl methyl sites for hydroxylation is 2. The van der Waals surface area contributed by atoms with E-state index in [9.17, 15) is 0 Å². The summed E-state index contributed by atoms with van der Waals surface area (Å²) in [7, 11) is 2.01. The molecule has 0 amide bonds. The van der Waals surface area contributed by atoms with Crippen LogP contribution in [-0.4, -0.2) is 13.8 Å². The van der Waals surface area contributed by atoms with Gasteiger partial charge in [-0.3, -0.25) is 0 Å². The molecule has 2 aromatic carbocycles. The highest BCUT2D eigenvalue weighted by Crippen LogP contribution is 2.38. The second kappa shape index (κ2) is 5.14. The Bertz CT molecular complexity index is 1510. The van der Waals surface area contributed by atoms with Crippen LogP contribution in [0.15, 0.2) is 58.6 Å². The molecule has 4 aromatic heterocycles. The van der Waals surface area contributed by atoms with Crippen LogP contribution in [0.2, 0.25) is 0 Å². The van der Waals surface area contributed by atoms with Crippen LogP contribution in [0, 0.1) is 6.92 Å². The maximum atomic E-state index is 6.31. The standard InChI is InChI=1S/C21H15N4OS/c1-12-7-8-14-13-5-3-4-6-15(13)26-20(14)17(12)19-18-21(22-11-24(19)2)25-16(23-18)9-10-27-25/h3-11H,1-2H3/q+1. The maximum absolute atomic E-state index is 6.31. The summed E-state index contributed by atoms with van der Waals surface area (Å²) in [4.78, 5) is 9.49. The van der Waals surface area contributed by atoms with Gasteiger partial charge in [-0.05, 0) is 29.6 Å². The number of furan rings is 1. The molecule has 130 valence electrons. The van der Waals surface area contributed by atoms with Gasteiger partial charge >= 0.3 is 0 Å². The van der Waals surface area contributed by atoms with Crippen molar-refractivity contribution in [3.05, 3.63) is 59.7 Å². The summed E-state index contributed by atoms with van der Waals surface area (Å²) in [6.45, 7) is 2.12. The minimum atomic E-state index is 0.876. The van der Waals surface area contributed by atoms with Crippen LogP contribution in [0.1, 0.15) is 5.56 Å². The topological polar surface area (TPSA) is 47.2 Å². The first-order valence-corrected chi connectivity index (χ1v) is 9.58. The third-order valence-electron chi connectivity index (χ3n) is 5.14. The lowest BCUT2D eigenvalue weighted by Gasteiger charge is -2.07. The van der Waals surface area contributed by atoms with Crippen molar-refractivity contribution < 1.29 is 8.98 Å². The largest absolute Gasteiger partial charge is 0.455 e. The van der Waals surface area contributed by atoms with E-state index in [0.717, 1.165) is 55.6 Å². The van der Waals surface area contributed by atoms with Crippen LogP contribution in [0.3, 0.4) is 0 Å². The molecule has 0 aliphatic rings. The van der Waals surface area contributed by atoms with Crippen molar-refractivity contribution >= 4 is 50.3 Å². The first-order chi connectivity index (χ1) is 13.2. The number of imidazole rings is 1. The Morgan fingerprint density at radius 1 is 1.07 bits per heavy atom. The van der Waals surface area contributed by atoms with Crippen molar-refractivity contribution in [3.8, 4) is 11.3 Å². The first-order valence-electron chi connectivity index (χ1n) is 8.74. The average Bonchev–Trinajstić information content (AvgIpc) is 3.35. The summed E-state index contributed by atoms with van der Waals surface area (Å²) >= 11 is 1.60. The van der Waals surface area contributed by atoms with Crippen LogP contribution in [0.25, 0.3) is 50.0 Å². The summed E-state index contributed by atoms with van der Waals surface area (Å²) in [5, 5.41) is 4.28. The number of rotatable bonds is 1. The van der Waals surface area contributed by atoms with E-state index in [-0.39, 0.29) is 0 Å². The van der Waals surface area contributed by atoms with E-state index in [2.05, 4.69) is 33.9 Å². The predicted octanol–water partition coefficient (Wildman–Crippen LogP) is 4.64. The Morgan fingerprint density at radius 2 is 1.96 bits per heavy atom. The molecule has 6 heteroatoms. The fourth-order valence-electron chi connectivity index (χ4n) is 3.89. The molecule has 27 heavy (non-hydrogen) atoms. The zero-order chi connectivity index (χ0) is 18.1. The van der Waals surface area contributed by atoms with E-state index in [4.69, 9.17) is 9.40 Å². The third kappa shape index (κ3) is 1.90. The van der Waals surface area contributed by atoms with Crippen molar-refractivity contribution in [2.24, 2.45) is 7.05 Å². The average molecular weight is 371 g/mol. The molecule has 0 unspecified atom stereocenters. The van der Waals surface area contributed by atoms with Gasteiger partial charge in [0.15, 0.2) is 16.9 Å². The van der Waals surface area contributed by atoms with Crippen LogP contribution in [0.4, 0.5) is 0 Å². The van der Waals surface area contributed by atoms with Gasteiger partial charge in [0.1, 0.15) is 11.2 Å². The molecule has 6 rings (SSSR count). The number of fused-ring (bicyclic) bond motifs is 6. The van der Waals surface area contributed by atoms with E-state index in [1.54, 1.807) is 11.5 Å². The molecule has 6 aromatic rings. The molecule has 0 saturated heterocycles. The van der Waals surface area contributed by atoms with Crippen molar-refractivity contribution in [3.63, 3.8) is 0 Å². The molecule has 4 heterocycles. The SMILES string of the molecule is Cc1ccc2c(oc3ccccc32)c1-c1c2nc3ccsn3c2nc[n+]1C. The molecule has 5 nitrogen and oxygen atoms in total. The molecule has 0 spiro atoms. The molecule has 0 bridgehead atoms. The van der Waals surface area contributed by atoms with Crippen molar-refractivity contribution in [1.82, 2.24) is 13.8 Å². The Balaban J connectivity index is 1.82. The Labute approximate surface area is 158 Å². The zero-order valence-electron chi connectivity index (χ0n) is 14.8. The lowest BCUT2D eigenvalue weighted by atomic mass is 10.0. The maximum Gasteiger partial charge on any atom is 0.292 e. The van der Waals surface area contributed by atoms with Crippen LogP contribution in [-0.2, 0) is 7.05 Å². The molecular formula is C21H15N4OS+. The third-order valence-corrected chi connectivity index (χ3v) is 5.97. The minimum absolute atomic E-state index is 0.876.